The zero-order valence-corrected chi connectivity index (χ0v) is 8.37. The highest BCUT2D eigenvalue weighted by Crippen LogP contribution is 2.33. The minimum atomic E-state index is 0.683. The third-order valence-electron chi connectivity index (χ3n) is 3.11. The SMILES string of the molecule is CN1CC2CC1CN2c1ncns1. The number of fused-ring (bicyclic) bond motifs is 2. The molecule has 1 aromatic rings. The van der Waals surface area contributed by atoms with Gasteiger partial charge in [-0.2, -0.15) is 4.37 Å². The Kier molecular flexibility index (Phi) is 1.57. The molecule has 0 spiro atoms. The van der Waals surface area contributed by atoms with Gasteiger partial charge in [0, 0.05) is 36.7 Å². The molecule has 70 valence electrons. The van der Waals surface area contributed by atoms with E-state index in [2.05, 4.69) is 26.2 Å². The molecular weight excluding hydrogens is 184 g/mol. The van der Waals surface area contributed by atoms with Crippen molar-refractivity contribution >= 4 is 16.7 Å². The molecule has 3 heterocycles. The van der Waals surface area contributed by atoms with Crippen molar-refractivity contribution in [2.24, 2.45) is 0 Å². The molecule has 13 heavy (non-hydrogen) atoms. The second-order valence-electron chi connectivity index (χ2n) is 3.86. The van der Waals surface area contributed by atoms with Crippen molar-refractivity contribution < 1.29 is 0 Å². The topological polar surface area (TPSA) is 32.3 Å². The number of piperazine rings is 1. The quantitative estimate of drug-likeness (QED) is 0.652. The maximum absolute atomic E-state index is 4.26. The van der Waals surface area contributed by atoms with E-state index in [1.165, 1.54) is 24.5 Å². The molecule has 2 fully saturated rings. The summed E-state index contributed by atoms with van der Waals surface area (Å²) in [6.45, 7) is 2.32. The highest BCUT2D eigenvalue weighted by molar-refractivity contribution is 7.09. The molecule has 0 saturated carbocycles. The fourth-order valence-corrected chi connectivity index (χ4v) is 3.01. The number of anilines is 1. The van der Waals surface area contributed by atoms with Crippen molar-refractivity contribution in [3.05, 3.63) is 6.33 Å². The van der Waals surface area contributed by atoms with Crippen molar-refractivity contribution in [3.8, 4) is 0 Å². The van der Waals surface area contributed by atoms with Gasteiger partial charge in [0.25, 0.3) is 0 Å². The largest absolute Gasteiger partial charge is 0.341 e. The van der Waals surface area contributed by atoms with Crippen molar-refractivity contribution in [2.45, 2.75) is 18.5 Å². The number of aromatic nitrogens is 2. The molecule has 2 atom stereocenters. The first-order valence-corrected chi connectivity index (χ1v) is 5.35. The molecule has 2 bridgehead atoms. The van der Waals surface area contributed by atoms with E-state index in [0.717, 1.165) is 17.7 Å². The molecule has 2 saturated heterocycles. The lowest BCUT2D eigenvalue weighted by Crippen LogP contribution is -2.44. The zero-order valence-electron chi connectivity index (χ0n) is 7.55. The van der Waals surface area contributed by atoms with Gasteiger partial charge in [0.05, 0.1) is 0 Å². The van der Waals surface area contributed by atoms with E-state index in [0.29, 0.717) is 6.04 Å². The summed E-state index contributed by atoms with van der Waals surface area (Å²) >= 11 is 1.51. The maximum atomic E-state index is 4.26. The Bertz CT molecular complexity index is 297. The molecule has 3 rings (SSSR count). The fraction of sp³-hybridized carbons (Fsp3) is 0.750. The summed E-state index contributed by atoms with van der Waals surface area (Å²) < 4.78 is 4.04. The van der Waals surface area contributed by atoms with Crippen molar-refractivity contribution in [3.63, 3.8) is 0 Å². The third-order valence-corrected chi connectivity index (χ3v) is 3.81. The summed E-state index contributed by atoms with van der Waals surface area (Å²) in [4.78, 5) is 9.11. The number of hydrogen-bond acceptors (Lipinski definition) is 5. The predicted octanol–water partition coefficient (Wildman–Crippen LogP) is 0.431. The van der Waals surface area contributed by atoms with Crippen LogP contribution in [-0.2, 0) is 0 Å². The van der Waals surface area contributed by atoms with Crippen LogP contribution < -0.4 is 4.90 Å². The van der Waals surface area contributed by atoms with Gasteiger partial charge in [-0.1, -0.05) is 0 Å². The molecule has 0 aromatic carbocycles. The summed E-state index contributed by atoms with van der Waals surface area (Å²) in [5.74, 6) is 0. The number of nitrogens with zero attached hydrogens (tertiary/aromatic N) is 4. The standard InChI is InChI=1S/C8H12N4S/c1-11-3-7-2-6(11)4-12(7)8-9-5-10-13-8/h5-7H,2-4H2,1H3. The van der Waals surface area contributed by atoms with Gasteiger partial charge in [0.1, 0.15) is 6.33 Å². The number of rotatable bonds is 1. The molecule has 0 N–H and O–H groups in total. The Morgan fingerprint density at radius 1 is 1.46 bits per heavy atom. The van der Waals surface area contributed by atoms with E-state index in [9.17, 15) is 0 Å². The Morgan fingerprint density at radius 3 is 2.92 bits per heavy atom. The van der Waals surface area contributed by atoms with Crippen molar-refractivity contribution in [2.75, 3.05) is 25.0 Å². The van der Waals surface area contributed by atoms with Crippen LogP contribution in [0.1, 0.15) is 6.42 Å². The van der Waals surface area contributed by atoms with E-state index in [1.807, 2.05) is 0 Å². The molecule has 5 heteroatoms. The van der Waals surface area contributed by atoms with Crippen LogP contribution in [0.4, 0.5) is 5.13 Å². The van der Waals surface area contributed by atoms with Crippen LogP contribution in [0, 0.1) is 0 Å². The average molecular weight is 196 g/mol. The molecule has 0 aliphatic carbocycles. The number of likely N-dealkylation sites (tertiary alicyclic amines) is 1. The Morgan fingerprint density at radius 2 is 2.38 bits per heavy atom. The summed E-state index contributed by atoms with van der Waals surface area (Å²) in [5.41, 5.74) is 0. The van der Waals surface area contributed by atoms with Crippen LogP contribution in [0.2, 0.25) is 0 Å². The van der Waals surface area contributed by atoms with Gasteiger partial charge < -0.3 is 4.90 Å². The van der Waals surface area contributed by atoms with Crippen LogP contribution in [-0.4, -0.2) is 46.5 Å². The van der Waals surface area contributed by atoms with Gasteiger partial charge in [0.15, 0.2) is 0 Å². The minimum absolute atomic E-state index is 0.683. The van der Waals surface area contributed by atoms with Gasteiger partial charge in [-0.25, -0.2) is 4.98 Å². The van der Waals surface area contributed by atoms with Crippen LogP contribution in [0.15, 0.2) is 6.33 Å². The number of likely N-dealkylation sites (N-methyl/N-ethyl adjacent to an activating group) is 1. The lowest BCUT2D eigenvalue weighted by atomic mass is 10.2. The van der Waals surface area contributed by atoms with E-state index in [4.69, 9.17) is 0 Å². The van der Waals surface area contributed by atoms with Crippen LogP contribution in [0.25, 0.3) is 0 Å². The molecule has 0 radical (unpaired) electrons. The first kappa shape index (κ1) is 7.70. The Hall–Kier alpha value is -0.680. The summed E-state index contributed by atoms with van der Waals surface area (Å²) in [5, 5.41) is 1.10. The summed E-state index contributed by atoms with van der Waals surface area (Å²) in [6.07, 6.45) is 2.95. The van der Waals surface area contributed by atoms with E-state index in [1.54, 1.807) is 6.33 Å². The molecule has 0 amide bonds. The third kappa shape index (κ3) is 1.07. The van der Waals surface area contributed by atoms with Crippen LogP contribution in [0.3, 0.4) is 0 Å². The van der Waals surface area contributed by atoms with Gasteiger partial charge in [-0.15, -0.1) is 0 Å². The van der Waals surface area contributed by atoms with Gasteiger partial charge in [-0.05, 0) is 13.5 Å². The van der Waals surface area contributed by atoms with Gasteiger partial charge >= 0.3 is 0 Å². The van der Waals surface area contributed by atoms with Gasteiger partial charge in [0.2, 0.25) is 5.13 Å². The lowest BCUT2D eigenvalue weighted by Gasteiger charge is -2.31. The highest BCUT2D eigenvalue weighted by atomic mass is 32.1. The number of hydrogen-bond donors (Lipinski definition) is 0. The summed E-state index contributed by atoms with van der Waals surface area (Å²) in [6, 6.07) is 1.43. The van der Waals surface area contributed by atoms with Gasteiger partial charge in [-0.3, -0.25) is 4.90 Å². The summed E-state index contributed by atoms with van der Waals surface area (Å²) in [7, 11) is 2.21. The normalized spacial score (nSPS) is 33.2. The first-order chi connectivity index (χ1) is 6.34. The Balaban J connectivity index is 1.84. The zero-order chi connectivity index (χ0) is 8.84. The molecule has 1 aromatic heterocycles. The molecule has 4 nitrogen and oxygen atoms in total. The second-order valence-corrected chi connectivity index (χ2v) is 4.62. The lowest BCUT2D eigenvalue weighted by molar-refractivity contribution is 0.292. The molecule has 2 aliphatic rings. The predicted molar refractivity (Wildman–Crippen MR) is 52.1 cm³/mol. The average Bonchev–Trinajstić information content (AvgIpc) is 2.75. The highest BCUT2D eigenvalue weighted by Gasteiger charge is 2.42. The van der Waals surface area contributed by atoms with Crippen molar-refractivity contribution in [1.29, 1.82) is 0 Å². The molecular formula is C8H12N4S. The van der Waals surface area contributed by atoms with E-state index in [-0.39, 0.29) is 0 Å². The smallest absolute Gasteiger partial charge is 0.205 e. The Labute approximate surface area is 81.3 Å². The first-order valence-electron chi connectivity index (χ1n) is 4.58. The van der Waals surface area contributed by atoms with Crippen LogP contribution >= 0.6 is 11.5 Å². The van der Waals surface area contributed by atoms with E-state index < -0.39 is 0 Å². The molecule has 2 unspecified atom stereocenters. The van der Waals surface area contributed by atoms with Crippen molar-refractivity contribution in [1.82, 2.24) is 14.3 Å². The fourth-order valence-electron chi connectivity index (χ4n) is 2.39. The molecule has 2 aliphatic heterocycles. The monoisotopic (exact) mass is 196 g/mol. The minimum Gasteiger partial charge on any atom is -0.341 e. The maximum Gasteiger partial charge on any atom is 0.205 e. The van der Waals surface area contributed by atoms with Crippen LogP contribution in [0.5, 0.6) is 0 Å². The second kappa shape index (κ2) is 2.65. The van der Waals surface area contributed by atoms with E-state index >= 15 is 0 Å².